The van der Waals surface area contributed by atoms with Gasteiger partial charge >= 0.3 is 0 Å². The quantitative estimate of drug-likeness (QED) is 0.383. The minimum Gasteiger partial charge on any atom is -0.325 e. The van der Waals surface area contributed by atoms with E-state index < -0.39 is 36.0 Å². The monoisotopic (exact) mass is 595 g/mol. The molecule has 2 amide bonds. The zero-order valence-corrected chi connectivity index (χ0v) is 24.9. The van der Waals surface area contributed by atoms with Crippen LogP contribution < -0.4 is 16.0 Å². The van der Waals surface area contributed by atoms with Crippen molar-refractivity contribution >= 4 is 29.5 Å². The number of carbonyl (C=O) groups is 3. The highest BCUT2D eigenvalue weighted by atomic mass is 19.1. The molecule has 4 aliphatic rings. The molecule has 228 valence electrons. The van der Waals surface area contributed by atoms with Crippen molar-refractivity contribution in [3.8, 4) is 0 Å². The molecule has 3 aromatic rings. The summed E-state index contributed by atoms with van der Waals surface area (Å²) in [7, 11) is 0. The number of para-hydroxylation sites is 1. The third kappa shape index (κ3) is 5.94. The maximum atomic E-state index is 15.4. The van der Waals surface area contributed by atoms with Crippen LogP contribution in [0.3, 0.4) is 0 Å². The molecule has 0 spiro atoms. The molecular formula is C35H38FN5O3. The number of hydrogen-bond acceptors (Lipinski definition) is 6. The second-order valence-corrected chi connectivity index (χ2v) is 12.2. The second kappa shape index (κ2) is 12.8. The maximum Gasteiger partial charge on any atom is 0.274 e. The van der Waals surface area contributed by atoms with Gasteiger partial charge in [0.25, 0.3) is 5.91 Å². The van der Waals surface area contributed by atoms with Gasteiger partial charge in [0.05, 0.1) is 17.4 Å². The van der Waals surface area contributed by atoms with Crippen LogP contribution in [0.1, 0.15) is 47.9 Å². The number of anilines is 1. The van der Waals surface area contributed by atoms with Gasteiger partial charge in [-0.1, -0.05) is 60.7 Å². The first-order chi connectivity index (χ1) is 21.3. The molecule has 44 heavy (non-hydrogen) atoms. The zero-order chi connectivity index (χ0) is 30.8. The molecule has 1 unspecified atom stereocenters. The number of halogens is 1. The lowest BCUT2D eigenvalue weighted by Gasteiger charge is -2.38. The number of nitrogens with one attached hydrogen (secondary N) is 1. The van der Waals surface area contributed by atoms with Crippen LogP contribution in [0.15, 0.2) is 77.8 Å². The lowest BCUT2D eigenvalue weighted by Crippen LogP contribution is -2.59. The molecule has 0 aromatic heterocycles. The molecule has 1 saturated carbocycles. The van der Waals surface area contributed by atoms with Gasteiger partial charge in [0, 0.05) is 24.2 Å². The first kappa shape index (κ1) is 29.8. The number of amides is 2. The molecule has 3 aromatic carbocycles. The van der Waals surface area contributed by atoms with Gasteiger partial charge in [-0.3, -0.25) is 24.2 Å². The van der Waals surface area contributed by atoms with E-state index in [1.54, 1.807) is 24.3 Å². The van der Waals surface area contributed by atoms with Crippen LogP contribution in [0.5, 0.6) is 0 Å². The number of benzene rings is 3. The minimum atomic E-state index is -1.43. The Labute approximate surface area is 257 Å². The standard InChI is InChI=1S/C35H38FN5O3/c1-22-8-7-12-27-31(26-11-5-6-13-28(26)36)38-33(39-34(43)29(37)18-23-9-3-2-4-10-23)35(44)41(32(22)27)30(21-42)40-19-24-14-15-25(20-40)17-16-24/h2-13,21,24-25,29-30,33H,14-20,37H2,1H3,(H,39,43)/t24?,25?,29-,30?,33+/m0/s1. The summed E-state index contributed by atoms with van der Waals surface area (Å²) in [5.41, 5.74) is 9.33. The fourth-order valence-electron chi connectivity index (χ4n) is 6.95. The van der Waals surface area contributed by atoms with Gasteiger partial charge in [0.1, 0.15) is 12.0 Å². The number of benzodiazepines with no additional fused rings is 1. The first-order valence-corrected chi connectivity index (χ1v) is 15.4. The highest BCUT2D eigenvalue weighted by Gasteiger charge is 2.42. The van der Waals surface area contributed by atoms with E-state index in [-0.39, 0.29) is 17.7 Å². The van der Waals surface area contributed by atoms with Crippen LogP contribution in [0, 0.1) is 24.6 Å². The molecule has 3 N–H and O–H groups in total. The Balaban J connectivity index is 1.44. The van der Waals surface area contributed by atoms with Crippen molar-refractivity contribution in [3.05, 3.63) is 101 Å². The number of carbonyl (C=O) groups excluding carboxylic acids is 3. The zero-order valence-electron chi connectivity index (χ0n) is 24.9. The predicted octanol–water partition coefficient (Wildman–Crippen LogP) is 3.98. The third-order valence-corrected chi connectivity index (χ3v) is 9.22. The van der Waals surface area contributed by atoms with E-state index in [0.29, 0.717) is 36.2 Å². The molecule has 1 aliphatic carbocycles. The first-order valence-electron chi connectivity index (χ1n) is 15.4. The Hall–Kier alpha value is -4.21. The van der Waals surface area contributed by atoms with Crippen LogP contribution >= 0.6 is 0 Å². The Morgan fingerprint density at radius 2 is 1.61 bits per heavy atom. The highest BCUT2D eigenvalue weighted by molar-refractivity contribution is 6.21. The molecule has 2 saturated heterocycles. The number of rotatable bonds is 8. The molecule has 3 atom stereocenters. The summed E-state index contributed by atoms with van der Waals surface area (Å²) in [4.78, 5) is 49.5. The van der Waals surface area contributed by atoms with Crippen molar-refractivity contribution in [2.24, 2.45) is 22.6 Å². The Morgan fingerprint density at radius 1 is 0.977 bits per heavy atom. The lowest BCUT2D eigenvalue weighted by atomic mass is 9.84. The van der Waals surface area contributed by atoms with E-state index >= 15 is 4.39 Å². The number of nitrogens with zero attached hydrogens (tertiary/aromatic N) is 3. The smallest absolute Gasteiger partial charge is 0.274 e. The van der Waals surface area contributed by atoms with Gasteiger partial charge in [0.15, 0.2) is 6.29 Å². The van der Waals surface area contributed by atoms with Gasteiger partial charge < -0.3 is 11.1 Å². The molecule has 9 heteroatoms. The number of aldehydes is 1. The molecule has 0 radical (unpaired) electrons. The molecule has 3 aliphatic heterocycles. The summed E-state index contributed by atoms with van der Waals surface area (Å²) in [5.74, 6) is -0.748. The van der Waals surface area contributed by atoms with Crippen LogP contribution in [0.25, 0.3) is 0 Å². The van der Waals surface area contributed by atoms with Gasteiger partial charge in [0.2, 0.25) is 12.1 Å². The number of aliphatic imine (C=N–C) groups is 1. The summed E-state index contributed by atoms with van der Waals surface area (Å²) in [6.07, 6.45) is 3.14. The summed E-state index contributed by atoms with van der Waals surface area (Å²) in [6.45, 7) is 3.26. The van der Waals surface area contributed by atoms with Crippen LogP contribution in [0.2, 0.25) is 0 Å². The van der Waals surface area contributed by atoms with Gasteiger partial charge in [-0.2, -0.15) is 0 Å². The summed E-state index contributed by atoms with van der Waals surface area (Å²) in [5, 5.41) is 2.76. The van der Waals surface area contributed by atoms with Crippen LogP contribution in [-0.2, 0) is 20.8 Å². The molecule has 7 rings (SSSR count). The number of fused-ring (bicyclic) bond motifs is 5. The molecule has 3 heterocycles. The second-order valence-electron chi connectivity index (χ2n) is 12.2. The highest BCUT2D eigenvalue weighted by Crippen LogP contribution is 2.38. The summed E-state index contributed by atoms with van der Waals surface area (Å²) < 4.78 is 15.4. The normalized spacial score (nSPS) is 23.2. The van der Waals surface area contributed by atoms with E-state index in [9.17, 15) is 14.4 Å². The molecular weight excluding hydrogens is 557 g/mol. The minimum absolute atomic E-state index is 0.192. The van der Waals surface area contributed by atoms with Crippen molar-refractivity contribution in [1.29, 1.82) is 0 Å². The predicted molar refractivity (Wildman–Crippen MR) is 168 cm³/mol. The average molecular weight is 596 g/mol. The fraction of sp³-hybridized carbons (Fsp3) is 0.371. The fourth-order valence-corrected chi connectivity index (χ4v) is 6.95. The average Bonchev–Trinajstić information content (AvgIpc) is 3.41. The van der Waals surface area contributed by atoms with E-state index in [4.69, 9.17) is 10.7 Å². The summed E-state index contributed by atoms with van der Waals surface area (Å²) in [6, 6.07) is 20.1. The number of hydrogen-bond donors (Lipinski definition) is 2. The molecule has 2 bridgehead atoms. The Morgan fingerprint density at radius 3 is 2.27 bits per heavy atom. The van der Waals surface area contributed by atoms with E-state index in [1.807, 2.05) is 49.4 Å². The van der Waals surface area contributed by atoms with Crippen LogP contribution in [-0.4, -0.2) is 60.2 Å². The van der Waals surface area contributed by atoms with Crippen molar-refractivity contribution in [2.45, 2.75) is 57.4 Å². The number of nitrogens with two attached hydrogens (primary N) is 1. The summed E-state index contributed by atoms with van der Waals surface area (Å²) >= 11 is 0. The Bertz CT molecular complexity index is 1560. The third-order valence-electron chi connectivity index (χ3n) is 9.22. The SMILES string of the molecule is Cc1cccc2c1N(C(C=O)N1CC3CCC(CC3)C1)C(=O)[C@@H](NC(=O)[C@@H](N)Cc1ccccc1)N=C2c1ccccc1F. The van der Waals surface area contributed by atoms with Gasteiger partial charge in [-0.05, 0) is 74.1 Å². The maximum absolute atomic E-state index is 15.4. The van der Waals surface area contributed by atoms with E-state index in [1.165, 1.54) is 11.0 Å². The van der Waals surface area contributed by atoms with Gasteiger partial charge in [-0.25, -0.2) is 9.38 Å². The van der Waals surface area contributed by atoms with Crippen molar-refractivity contribution in [3.63, 3.8) is 0 Å². The molecule has 3 fully saturated rings. The van der Waals surface area contributed by atoms with Gasteiger partial charge in [-0.15, -0.1) is 0 Å². The Kier molecular flexibility index (Phi) is 8.68. The number of aryl methyl sites for hydroxylation is 1. The van der Waals surface area contributed by atoms with Crippen molar-refractivity contribution in [1.82, 2.24) is 10.2 Å². The molecule has 8 nitrogen and oxygen atoms in total. The lowest BCUT2D eigenvalue weighted by molar-refractivity contribution is -0.129. The largest absolute Gasteiger partial charge is 0.325 e. The van der Waals surface area contributed by atoms with E-state index in [0.717, 1.165) is 43.1 Å². The topological polar surface area (TPSA) is 108 Å². The van der Waals surface area contributed by atoms with Crippen LogP contribution in [0.4, 0.5) is 10.1 Å². The van der Waals surface area contributed by atoms with E-state index in [2.05, 4.69) is 10.2 Å². The van der Waals surface area contributed by atoms with Crippen molar-refractivity contribution < 1.29 is 18.8 Å². The van der Waals surface area contributed by atoms with Crippen molar-refractivity contribution in [2.75, 3.05) is 18.0 Å².